The van der Waals surface area contributed by atoms with Crippen molar-refractivity contribution in [2.24, 2.45) is 29.1 Å². The van der Waals surface area contributed by atoms with Crippen LogP contribution in [0.3, 0.4) is 0 Å². The number of ether oxygens (including phenoxy) is 1. The van der Waals surface area contributed by atoms with Gasteiger partial charge in [0, 0.05) is 24.6 Å². The number of nitrogens with one attached hydrogen (secondary N) is 1. The second kappa shape index (κ2) is 8.52. The van der Waals surface area contributed by atoms with E-state index >= 15 is 4.39 Å². The Kier molecular flexibility index (Phi) is 5.96. The predicted molar refractivity (Wildman–Crippen MR) is 124 cm³/mol. The molecule has 5 saturated carbocycles. The molecule has 33 heavy (non-hydrogen) atoms. The molecule has 0 radical (unpaired) electrons. The number of halogens is 1. The Bertz CT molecular complexity index is 972. The molecule has 6 aliphatic rings. The molecule has 6 nitrogen and oxygen atoms in total. The number of rotatable bonds is 9. The molecule has 0 aromatic heterocycles. The largest absolute Gasteiger partial charge is 0.493 e. The van der Waals surface area contributed by atoms with Crippen molar-refractivity contribution < 1.29 is 22.3 Å². The number of hydrogen-bond acceptors (Lipinski definition) is 4. The van der Waals surface area contributed by atoms with E-state index in [2.05, 4.69) is 6.58 Å². The molecular weight excluding hydrogens is 443 g/mol. The summed E-state index contributed by atoms with van der Waals surface area (Å²) in [6, 6.07) is 0. The summed E-state index contributed by atoms with van der Waals surface area (Å²) in [4.78, 5) is 12.4. The molecule has 182 valence electrons. The SMILES string of the molecule is C=C(C(=CC(F)=C(C)C(=O)NS(=O)(=O)N1CCC1)OCC12CC3CC(CC(C3)C1)C2)C1CC1. The minimum absolute atomic E-state index is 0.176. The van der Waals surface area contributed by atoms with E-state index in [4.69, 9.17) is 4.74 Å². The number of allylic oxidation sites excluding steroid dienone is 3. The number of carbonyl (C=O) groups excluding carboxylic acids is 1. The van der Waals surface area contributed by atoms with Crippen molar-refractivity contribution in [1.82, 2.24) is 9.03 Å². The van der Waals surface area contributed by atoms with E-state index in [1.54, 1.807) is 0 Å². The van der Waals surface area contributed by atoms with Crippen molar-refractivity contribution in [1.29, 1.82) is 0 Å². The van der Waals surface area contributed by atoms with Gasteiger partial charge in [-0.2, -0.15) is 12.7 Å². The summed E-state index contributed by atoms with van der Waals surface area (Å²) in [6.45, 7) is 6.76. The normalized spacial score (nSPS) is 34.5. The smallest absolute Gasteiger partial charge is 0.304 e. The van der Waals surface area contributed by atoms with Gasteiger partial charge in [-0.05, 0) is 94.0 Å². The Hall–Kier alpha value is -1.67. The number of hydrogen-bond donors (Lipinski definition) is 1. The predicted octanol–water partition coefficient (Wildman–Crippen LogP) is 4.38. The Balaban J connectivity index is 1.31. The van der Waals surface area contributed by atoms with Crippen LogP contribution in [0.15, 0.2) is 35.4 Å². The standard InChI is InChI=1S/C25H35FN2O4S/c1-16(21-4-5-21)23(32-15-25-12-18-8-19(13-25)10-20(9-18)14-25)11-22(26)17(2)24(29)27-33(30,31)28-6-3-7-28/h11,18-21H,1,3-10,12-15H2,2H3,(H,27,29). The summed E-state index contributed by atoms with van der Waals surface area (Å²) < 4.78 is 48.9. The molecular formula is C25H35FN2O4S. The van der Waals surface area contributed by atoms with E-state index in [1.807, 2.05) is 4.72 Å². The molecule has 0 unspecified atom stereocenters. The minimum atomic E-state index is -3.92. The molecule has 1 aliphatic heterocycles. The van der Waals surface area contributed by atoms with Crippen LogP contribution in [-0.4, -0.2) is 38.3 Å². The summed E-state index contributed by atoms with van der Waals surface area (Å²) in [7, 11) is -3.92. The lowest BCUT2D eigenvalue weighted by molar-refractivity contribution is -0.116. The van der Waals surface area contributed by atoms with Crippen molar-refractivity contribution in [2.45, 2.75) is 64.7 Å². The first-order valence-electron chi connectivity index (χ1n) is 12.4. The van der Waals surface area contributed by atoms with Crippen molar-refractivity contribution in [2.75, 3.05) is 19.7 Å². The van der Waals surface area contributed by atoms with Gasteiger partial charge in [-0.3, -0.25) is 4.79 Å². The molecule has 6 fully saturated rings. The van der Waals surface area contributed by atoms with Crippen LogP contribution in [0, 0.1) is 29.1 Å². The van der Waals surface area contributed by atoms with Gasteiger partial charge in [0.2, 0.25) is 0 Å². The van der Waals surface area contributed by atoms with Crippen molar-refractivity contribution >= 4 is 16.1 Å². The highest BCUT2D eigenvalue weighted by Gasteiger charge is 2.51. The quantitative estimate of drug-likeness (QED) is 0.303. The maximum absolute atomic E-state index is 15.1. The fourth-order valence-electron chi connectivity index (χ4n) is 6.68. The molecule has 8 heteroatoms. The van der Waals surface area contributed by atoms with Crippen LogP contribution in [0.5, 0.6) is 0 Å². The molecule has 1 saturated heterocycles. The molecule has 0 aromatic carbocycles. The summed E-state index contributed by atoms with van der Waals surface area (Å²) in [5, 5.41) is 0. The van der Waals surface area contributed by atoms with Crippen LogP contribution in [0.4, 0.5) is 4.39 Å². The lowest BCUT2D eigenvalue weighted by atomic mass is 9.50. The fraction of sp³-hybridized carbons (Fsp3) is 0.720. The van der Waals surface area contributed by atoms with Gasteiger partial charge in [-0.1, -0.05) is 6.58 Å². The monoisotopic (exact) mass is 478 g/mol. The van der Waals surface area contributed by atoms with Gasteiger partial charge in [0.25, 0.3) is 5.91 Å². The summed E-state index contributed by atoms with van der Waals surface area (Å²) in [5.74, 6) is 1.37. The van der Waals surface area contributed by atoms with E-state index in [1.165, 1.54) is 55.8 Å². The van der Waals surface area contributed by atoms with Crippen molar-refractivity contribution in [3.8, 4) is 0 Å². The summed E-state index contributed by atoms with van der Waals surface area (Å²) in [6.07, 6.45) is 11.6. The van der Waals surface area contributed by atoms with Gasteiger partial charge < -0.3 is 4.74 Å². The molecule has 0 aromatic rings. The third kappa shape index (κ3) is 4.78. The Labute approximate surface area is 196 Å². The number of nitrogens with zero attached hydrogens (tertiary/aromatic N) is 1. The first kappa shape index (κ1) is 23.1. The molecule has 5 aliphatic carbocycles. The Morgan fingerprint density at radius 3 is 2.21 bits per heavy atom. The van der Waals surface area contributed by atoms with Crippen LogP contribution < -0.4 is 4.72 Å². The van der Waals surface area contributed by atoms with Gasteiger partial charge in [-0.15, -0.1) is 0 Å². The first-order valence-corrected chi connectivity index (χ1v) is 13.8. The van der Waals surface area contributed by atoms with Gasteiger partial charge in [0.15, 0.2) is 0 Å². The van der Waals surface area contributed by atoms with Crippen LogP contribution in [0.25, 0.3) is 0 Å². The van der Waals surface area contributed by atoms with Gasteiger partial charge in [0.1, 0.15) is 11.6 Å². The Morgan fingerprint density at radius 2 is 1.73 bits per heavy atom. The average molecular weight is 479 g/mol. The lowest BCUT2D eigenvalue weighted by Crippen LogP contribution is -2.50. The van der Waals surface area contributed by atoms with Crippen LogP contribution >= 0.6 is 0 Å². The van der Waals surface area contributed by atoms with E-state index in [0.717, 1.165) is 42.6 Å². The molecule has 0 spiro atoms. The average Bonchev–Trinajstić information content (AvgIpc) is 3.52. The summed E-state index contributed by atoms with van der Waals surface area (Å²) >= 11 is 0. The summed E-state index contributed by atoms with van der Waals surface area (Å²) in [5.41, 5.74) is 0.671. The van der Waals surface area contributed by atoms with E-state index < -0.39 is 21.9 Å². The van der Waals surface area contributed by atoms with Gasteiger partial charge in [-0.25, -0.2) is 9.11 Å². The maximum atomic E-state index is 15.1. The second-order valence-corrected chi connectivity index (χ2v) is 12.8. The topological polar surface area (TPSA) is 75.7 Å². The van der Waals surface area contributed by atoms with E-state index in [0.29, 0.717) is 31.4 Å². The molecule has 1 N–H and O–H groups in total. The third-order valence-corrected chi connectivity index (χ3v) is 9.91. The zero-order valence-corrected chi connectivity index (χ0v) is 20.3. The van der Waals surface area contributed by atoms with Crippen LogP contribution in [0.1, 0.15) is 64.7 Å². The van der Waals surface area contributed by atoms with E-state index in [-0.39, 0.29) is 11.0 Å². The highest BCUT2D eigenvalue weighted by molar-refractivity contribution is 7.87. The van der Waals surface area contributed by atoms with Crippen LogP contribution in [0.2, 0.25) is 0 Å². The van der Waals surface area contributed by atoms with Gasteiger partial charge >= 0.3 is 10.2 Å². The molecule has 4 bridgehead atoms. The highest BCUT2D eigenvalue weighted by atomic mass is 32.2. The number of carbonyl (C=O) groups is 1. The highest BCUT2D eigenvalue weighted by Crippen LogP contribution is 2.60. The second-order valence-electron chi connectivity index (χ2n) is 11.2. The Morgan fingerprint density at radius 1 is 1.15 bits per heavy atom. The third-order valence-electron chi connectivity index (χ3n) is 8.42. The zero-order chi connectivity index (χ0) is 23.4. The molecule has 6 rings (SSSR count). The minimum Gasteiger partial charge on any atom is -0.493 e. The molecule has 0 atom stereocenters. The molecule has 1 amide bonds. The number of amides is 1. The fourth-order valence-corrected chi connectivity index (χ4v) is 7.93. The zero-order valence-electron chi connectivity index (χ0n) is 19.4. The van der Waals surface area contributed by atoms with E-state index in [9.17, 15) is 13.2 Å². The lowest BCUT2D eigenvalue weighted by Gasteiger charge is -2.56. The molecule has 1 heterocycles. The maximum Gasteiger partial charge on any atom is 0.304 e. The first-order chi connectivity index (χ1) is 15.6. The van der Waals surface area contributed by atoms with Crippen molar-refractivity contribution in [3.05, 3.63) is 35.4 Å². The van der Waals surface area contributed by atoms with Gasteiger partial charge in [0.05, 0.1) is 12.2 Å². The van der Waals surface area contributed by atoms with Crippen LogP contribution in [-0.2, 0) is 19.7 Å². The van der Waals surface area contributed by atoms with Crippen molar-refractivity contribution in [3.63, 3.8) is 0 Å².